The largest absolute Gasteiger partial charge is 0.396 e. The molecule has 0 aliphatic rings. The zero-order chi connectivity index (χ0) is 14.6. The summed E-state index contributed by atoms with van der Waals surface area (Å²) in [5.41, 5.74) is 0.513. The van der Waals surface area contributed by atoms with E-state index < -0.39 is 10.0 Å². The molecule has 20 heavy (non-hydrogen) atoms. The lowest BCUT2D eigenvalue weighted by Crippen LogP contribution is -2.23. The van der Waals surface area contributed by atoms with Crippen LogP contribution in [0.4, 0.5) is 0 Å². The van der Waals surface area contributed by atoms with Crippen LogP contribution in [-0.2, 0) is 23.1 Å². The number of rotatable bonds is 7. The third-order valence-electron chi connectivity index (χ3n) is 2.59. The number of aliphatic hydroxyl groups excluding tert-OH is 1. The van der Waals surface area contributed by atoms with Gasteiger partial charge in [0.1, 0.15) is 10.7 Å². The molecule has 0 saturated carbocycles. The molecule has 0 unspecified atom stereocenters. The summed E-state index contributed by atoms with van der Waals surface area (Å²) in [5, 5.41) is 16.4. The van der Waals surface area contributed by atoms with E-state index in [9.17, 15) is 8.42 Å². The summed E-state index contributed by atoms with van der Waals surface area (Å²) >= 11 is 0. The first kappa shape index (κ1) is 14.7. The molecule has 0 atom stereocenters. The van der Waals surface area contributed by atoms with Gasteiger partial charge < -0.3 is 9.63 Å². The number of aryl methyl sites for hydroxylation is 2. The van der Waals surface area contributed by atoms with Crippen LogP contribution >= 0.6 is 0 Å². The molecule has 2 rings (SSSR count). The second-order valence-corrected chi connectivity index (χ2v) is 6.04. The van der Waals surface area contributed by atoms with E-state index in [0.717, 1.165) is 0 Å². The smallest absolute Gasteiger partial charge is 0.244 e. The molecule has 0 aliphatic heterocycles. The monoisotopic (exact) mass is 300 g/mol. The molecule has 2 heterocycles. The molecule has 0 radical (unpaired) electrons. The Morgan fingerprint density at radius 3 is 2.95 bits per heavy atom. The highest BCUT2D eigenvalue weighted by Gasteiger charge is 2.17. The molecule has 8 nitrogen and oxygen atoms in total. The third kappa shape index (κ3) is 3.65. The second kappa shape index (κ2) is 6.16. The molecule has 0 spiro atoms. The van der Waals surface area contributed by atoms with E-state index in [1.165, 1.54) is 17.1 Å². The third-order valence-corrected chi connectivity index (χ3v) is 3.94. The molecule has 110 valence electrons. The number of nitrogens with zero attached hydrogens (tertiary/aromatic N) is 3. The van der Waals surface area contributed by atoms with Crippen LogP contribution in [0.1, 0.15) is 17.9 Å². The molecule has 0 aromatic carbocycles. The summed E-state index contributed by atoms with van der Waals surface area (Å²) in [6.07, 6.45) is 3.21. The molecule has 0 saturated heterocycles. The van der Waals surface area contributed by atoms with E-state index in [2.05, 4.69) is 15.0 Å². The van der Waals surface area contributed by atoms with Gasteiger partial charge in [-0.1, -0.05) is 5.16 Å². The van der Waals surface area contributed by atoms with Crippen LogP contribution in [0.3, 0.4) is 0 Å². The molecular formula is C11H16N4O4S. The van der Waals surface area contributed by atoms with Gasteiger partial charge in [-0.15, -0.1) is 0 Å². The maximum Gasteiger partial charge on any atom is 0.244 e. The highest BCUT2D eigenvalue weighted by molar-refractivity contribution is 7.89. The summed E-state index contributed by atoms with van der Waals surface area (Å²) in [4.78, 5) is 0.0793. The number of hydrogen-bond acceptors (Lipinski definition) is 6. The number of aromatic nitrogens is 3. The first-order valence-electron chi connectivity index (χ1n) is 6.06. The van der Waals surface area contributed by atoms with Crippen LogP contribution in [0.25, 0.3) is 0 Å². The van der Waals surface area contributed by atoms with Gasteiger partial charge in [-0.05, 0) is 13.3 Å². The van der Waals surface area contributed by atoms with Gasteiger partial charge in [0.25, 0.3) is 0 Å². The molecule has 0 amide bonds. The topological polar surface area (TPSA) is 110 Å². The van der Waals surface area contributed by atoms with Crippen molar-refractivity contribution in [3.05, 3.63) is 29.9 Å². The second-order valence-electron chi connectivity index (χ2n) is 4.27. The van der Waals surface area contributed by atoms with Crippen molar-refractivity contribution in [2.24, 2.45) is 0 Å². The van der Waals surface area contributed by atoms with Crippen molar-refractivity contribution >= 4 is 10.0 Å². The maximum absolute atomic E-state index is 12.0. The zero-order valence-corrected chi connectivity index (χ0v) is 11.8. The fourth-order valence-corrected chi connectivity index (χ4v) is 2.54. The Balaban J connectivity index is 2.00. The fraction of sp³-hybridized carbons (Fsp3) is 0.455. The summed E-state index contributed by atoms with van der Waals surface area (Å²) < 4.78 is 32.8. The van der Waals surface area contributed by atoms with Gasteiger partial charge in [0, 0.05) is 25.4 Å². The summed E-state index contributed by atoms with van der Waals surface area (Å²) in [6.45, 7) is 2.29. The predicted molar refractivity (Wildman–Crippen MR) is 69.2 cm³/mol. The molecule has 0 aliphatic carbocycles. The van der Waals surface area contributed by atoms with Crippen LogP contribution < -0.4 is 4.72 Å². The van der Waals surface area contributed by atoms with E-state index in [1.807, 2.05) is 0 Å². The lowest BCUT2D eigenvalue weighted by Gasteiger charge is -2.01. The average molecular weight is 300 g/mol. The van der Waals surface area contributed by atoms with Crippen molar-refractivity contribution in [3.8, 4) is 0 Å². The Morgan fingerprint density at radius 1 is 1.50 bits per heavy atom. The van der Waals surface area contributed by atoms with Crippen molar-refractivity contribution in [3.63, 3.8) is 0 Å². The summed E-state index contributed by atoms with van der Waals surface area (Å²) in [7, 11) is -3.63. The van der Waals surface area contributed by atoms with Crippen LogP contribution in [0.5, 0.6) is 0 Å². The highest BCUT2D eigenvalue weighted by Crippen LogP contribution is 2.09. The number of hydrogen-bond donors (Lipinski definition) is 2. The maximum atomic E-state index is 12.0. The van der Waals surface area contributed by atoms with E-state index in [-0.39, 0.29) is 18.0 Å². The minimum absolute atomic E-state index is 0.0334. The molecule has 0 bridgehead atoms. The zero-order valence-electron chi connectivity index (χ0n) is 11.0. The molecule has 2 aromatic rings. The minimum atomic E-state index is -3.63. The van der Waals surface area contributed by atoms with Gasteiger partial charge in [-0.3, -0.25) is 4.68 Å². The average Bonchev–Trinajstić information content (AvgIpc) is 3.03. The Morgan fingerprint density at radius 2 is 2.30 bits per heavy atom. The standard InChI is InChI=1S/C11H16N4O4S/c1-9-5-10(14-19-9)6-13-20(17,18)11-7-12-15(8-11)3-2-4-16/h5,7-8,13,16H,2-4,6H2,1H3. The van der Waals surface area contributed by atoms with Crippen molar-refractivity contribution in [2.75, 3.05) is 6.61 Å². The first-order chi connectivity index (χ1) is 9.51. The van der Waals surface area contributed by atoms with Crippen LogP contribution in [0, 0.1) is 6.92 Å². The van der Waals surface area contributed by atoms with Crippen molar-refractivity contribution in [2.45, 2.75) is 31.3 Å². The van der Waals surface area contributed by atoms with Crippen LogP contribution in [-0.4, -0.2) is 35.1 Å². The van der Waals surface area contributed by atoms with Crippen molar-refractivity contribution in [1.29, 1.82) is 0 Å². The lowest BCUT2D eigenvalue weighted by molar-refractivity contribution is 0.277. The van der Waals surface area contributed by atoms with Gasteiger partial charge in [0.15, 0.2) is 0 Å². The molecular weight excluding hydrogens is 284 g/mol. The Labute approximate surface area is 116 Å². The number of sulfonamides is 1. The molecule has 2 aromatic heterocycles. The first-order valence-corrected chi connectivity index (χ1v) is 7.55. The highest BCUT2D eigenvalue weighted by atomic mass is 32.2. The normalized spacial score (nSPS) is 11.9. The number of aliphatic hydroxyl groups is 1. The number of nitrogens with one attached hydrogen (secondary N) is 1. The van der Waals surface area contributed by atoms with E-state index in [0.29, 0.717) is 24.4 Å². The van der Waals surface area contributed by atoms with Gasteiger partial charge in [-0.2, -0.15) is 5.10 Å². The molecule has 9 heteroatoms. The Hall–Kier alpha value is -1.71. The molecule has 0 fully saturated rings. The van der Waals surface area contributed by atoms with Gasteiger partial charge >= 0.3 is 0 Å². The quantitative estimate of drug-likeness (QED) is 0.747. The van der Waals surface area contributed by atoms with Gasteiger partial charge in [0.2, 0.25) is 10.0 Å². The summed E-state index contributed by atoms with van der Waals surface area (Å²) in [6, 6.07) is 1.66. The van der Waals surface area contributed by atoms with Gasteiger partial charge in [0.05, 0.1) is 18.4 Å². The lowest BCUT2D eigenvalue weighted by atomic mass is 10.4. The molecule has 2 N–H and O–H groups in total. The van der Waals surface area contributed by atoms with Crippen LogP contribution in [0.2, 0.25) is 0 Å². The fourth-order valence-electron chi connectivity index (χ4n) is 1.59. The minimum Gasteiger partial charge on any atom is -0.396 e. The van der Waals surface area contributed by atoms with E-state index in [1.54, 1.807) is 13.0 Å². The van der Waals surface area contributed by atoms with E-state index >= 15 is 0 Å². The predicted octanol–water partition coefficient (Wildman–Crippen LogP) is 0.0404. The van der Waals surface area contributed by atoms with Crippen molar-refractivity contribution < 1.29 is 18.0 Å². The van der Waals surface area contributed by atoms with Crippen LogP contribution in [0.15, 0.2) is 27.9 Å². The van der Waals surface area contributed by atoms with Crippen molar-refractivity contribution in [1.82, 2.24) is 19.7 Å². The van der Waals surface area contributed by atoms with E-state index in [4.69, 9.17) is 9.63 Å². The SMILES string of the molecule is Cc1cc(CNS(=O)(=O)c2cnn(CCCO)c2)no1. The Kier molecular flexibility index (Phi) is 4.53. The van der Waals surface area contributed by atoms with Gasteiger partial charge in [-0.25, -0.2) is 13.1 Å². The summed E-state index contributed by atoms with van der Waals surface area (Å²) in [5.74, 6) is 0.621. The Bertz CT molecular complexity index is 662.